The average Bonchev–Trinajstić information content (AvgIpc) is 2.76. The SMILES string of the molecule is CCOc1cccc(NC(=O)/C(C#N)=C\c2ccc(OCC(=O)OC)c(OC)c2)c1. The Balaban J connectivity index is 2.18. The molecule has 1 N–H and O–H groups in total. The predicted octanol–water partition coefficient (Wildman–Crippen LogP) is 3.19. The highest BCUT2D eigenvalue weighted by atomic mass is 16.6. The summed E-state index contributed by atoms with van der Waals surface area (Å²) < 4.78 is 20.5. The molecule has 2 aromatic rings. The second-order valence-corrected chi connectivity index (χ2v) is 5.86. The highest BCUT2D eigenvalue weighted by Crippen LogP contribution is 2.29. The van der Waals surface area contributed by atoms with Crippen LogP contribution in [0.25, 0.3) is 6.08 Å². The minimum absolute atomic E-state index is 0.0953. The number of nitrogens with one attached hydrogen (secondary N) is 1. The monoisotopic (exact) mass is 410 g/mol. The van der Waals surface area contributed by atoms with Crippen LogP contribution >= 0.6 is 0 Å². The summed E-state index contributed by atoms with van der Waals surface area (Å²) in [6.45, 7) is 2.10. The van der Waals surface area contributed by atoms with E-state index < -0.39 is 11.9 Å². The molecule has 0 saturated carbocycles. The standard InChI is InChI=1S/C22H22N2O6/c1-4-29-18-7-5-6-17(12-18)24-22(26)16(13-23)10-15-8-9-19(20(11-15)27-2)30-14-21(25)28-3/h5-12H,4,14H2,1-3H3,(H,24,26)/b16-10-. The minimum atomic E-state index is -0.559. The molecule has 0 atom stereocenters. The summed E-state index contributed by atoms with van der Waals surface area (Å²) in [4.78, 5) is 23.7. The third-order valence-electron chi connectivity index (χ3n) is 3.84. The molecule has 8 heteroatoms. The van der Waals surface area contributed by atoms with Gasteiger partial charge in [0.1, 0.15) is 17.4 Å². The Morgan fingerprint density at radius 2 is 1.90 bits per heavy atom. The molecule has 0 spiro atoms. The number of carbonyl (C=O) groups is 2. The van der Waals surface area contributed by atoms with E-state index in [-0.39, 0.29) is 12.2 Å². The summed E-state index contributed by atoms with van der Waals surface area (Å²) in [6, 6.07) is 13.6. The molecule has 30 heavy (non-hydrogen) atoms. The second-order valence-electron chi connectivity index (χ2n) is 5.86. The van der Waals surface area contributed by atoms with E-state index in [4.69, 9.17) is 14.2 Å². The Labute approximate surface area is 174 Å². The molecule has 0 unspecified atom stereocenters. The van der Waals surface area contributed by atoms with E-state index in [1.54, 1.807) is 42.5 Å². The Kier molecular flexibility index (Phi) is 8.27. The number of rotatable bonds is 9. The van der Waals surface area contributed by atoms with Crippen LogP contribution in [0.3, 0.4) is 0 Å². The number of nitrogens with zero attached hydrogens (tertiary/aromatic N) is 1. The normalized spacial score (nSPS) is 10.5. The lowest BCUT2D eigenvalue weighted by molar-refractivity contribution is -0.142. The van der Waals surface area contributed by atoms with Crippen LogP contribution in [0.15, 0.2) is 48.0 Å². The van der Waals surface area contributed by atoms with Crippen molar-refractivity contribution in [1.82, 2.24) is 0 Å². The van der Waals surface area contributed by atoms with E-state index in [1.165, 1.54) is 20.3 Å². The van der Waals surface area contributed by atoms with Gasteiger partial charge in [0.25, 0.3) is 5.91 Å². The van der Waals surface area contributed by atoms with Crippen LogP contribution in [0.5, 0.6) is 17.2 Å². The molecule has 0 heterocycles. The number of hydrogen-bond acceptors (Lipinski definition) is 7. The van der Waals surface area contributed by atoms with E-state index in [1.807, 2.05) is 13.0 Å². The van der Waals surface area contributed by atoms with Gasteiger partial charge in [0.2, 0.25) is 0 Å². The minimum Gasteiger partial charge on any atom is -0.494 e. The summed E-state index contributed by atoms with van der Waals surface area (Å²) in [5.74, 6) is 0.199. The van der Waals surface area contributed by atoms with Gasteiger partial charge in [-0.1, -0.05) is 12.1 Å². The molecule has 0 radical (unpaired) electrons. The van der Waals surface area contributed by atoms with Gasteiger partial charge in [-0.05, 0) is 42.8 Å². The number of ether oxygens (including phenoxy) is 4. The zero-order chi connectivity index (χ0) is 21.9. The second kappa shape index (κ2) is 11.1. The topological polar surface area (TPSA) is 107 Å². The number of methoxy groups -OCH3 is 2. The summed E-state index contributed by atoms with van der Waals surface area (Å²) in [7, 11) is 2.70. The molecular formula is C22H22N2O6. The zero-order valence-electron chi connectivity index (χ0n) is 16.9. The van der Waals surface area contributed by atoms with Crippen molar-refractivity contribution in [3.8, 4) is 23.3 Å². The van der Waals surface area contributed by atoms with Gasteiger partial charge in [0.15, 0.2) is 18.1 Å². The fourth-order valence-electron chi connectivity index (χ4n) is 2.43. The van der Waals surface area contributed by atoms with E-state index in [9.17, 15) is 14.9 Å². The van der Waals surface area contributed by atoms with Crippen LogP contribution in [-0.2, 0) is 14.3 Å². The molecule has 8 nitrogen and oxygen atoms in total. The Bertz CT molecular complexity index is 978. The van der Waals surface area contributed by atoms with Gasteiger partial charge in [-0.3, -0.25) is 4.79 Å². The largest absolute Gasteiger partial charge is 0.494 e. The summed E-state index contributed by atoms with van der Waals surface area (Å²) >= 11 is 0. The van der Waals surface area contributed by atoms with Crippen molar-refractivity contribution < 1.29 is 28.5 Å². The molecular weight excluding hydrogens is 388 g/mol. The molecule has 0 bridgehead atoms. The molecule has 0 saturated heterocycles. The number of anilines is 1. The van der Waals surface area contributed by atoms with Crippen molar-refractivity contribution in [2.24, 2.45) is 0 Å². The summed E-state index contributed by atoms with van der Waals surface area (Å²) in [5, 5.41) is 12.1. The molecule has 1 amide bonds. The summed E-state index contributed by atoms with van der Waals surface area (Å²) in [6.07, 6.45) is 1.42. The maximum Gasteiger partial charge on any atom is 0.343 e. The van der Waals surface area contributed by atoms with E-state index in [0.717, 1.165) is 0 Å². The number of amides is 1. The molecule has 0 aromatic heterocycles. The maximum atomic E-state index is 12.5. The highest BCUT2D eigenvalue weighted by molar-refractivity contribution is 6.09. The lowest BCUT2D eigenvalue weighted by atomic mass is 10.1. The molecule has 0 aliphatic heterocycles. The smallest absolute Gasteiger partial charge is 0.343 e. The van der Waals surface area contributed by atoms with Crippen molar-refractivity contribution >= 4 is 23.6 Å². The number of nitriles is 1. The van der Waals surface area contributed by atoms with Crippen molar-refractivity contribution in [3.63, 3.8) is 0 Å². The van der Waals surface area contributed by atoms with Crippen molar-refractivity contribution in [1.29, 1.82) is 5.26 Å². The number of esters is 1. The Morgan fingerprint density at radius 3 is 2.57 bits per heavy atom. The van der Waals surface area contributed by atoms with E-state index >= 15 is 0 Å². The summed E-state index contributed by atoms with van der Waals surface area (Å²) in [5.41, 5.74) is 0.963. The lowest BCUT2D eigenvalue weighted by Gasteiger charge is -2.11. The van der Waals surface area contributed by atoms with Crippen LogP contribution in [0.4, 0.5) is 5.69 Å². The average molecular weight is 410 g/mol. The number of hydrogen-bond donors (Lipinski definition) is 1. The van der Waals surface area contributed by atoms with Crippen molar-refractivity contribution in [2.75, 3.05) is 32.8 Å². The van der Waals surface area contributed by atoms with Gasteiger partial charge in [-0.25, -0.2) is 4.79 Å². The fourth-order valence-corrected chi connectivity index (χ4v) is 2.43. The first-order chi connectivity index (χ1) is 14.5. The first kappa shape index (κ1) is 22.3. The molecule has 2 aromatic carbocycles. The third-order valence-corrected chi connectivity index (χ3v) is 3.84. The highest BCUT2D eigenvalue weighted by Gasteiger charge is 2.12. The van der Waals surface area contributed by atoms with Gasteiger partial charge in [-0.2, -0.15) is 5.26 Å². The van der Waals surface area contributed by atoms with Gasteiger partial charge in [0, 0.05) is 11.8 Å². The molecule has 0 fully saturated rings. The van der Waals surface area contributed by atoms with Crippen LogP contribution in [0.2, 0.25) is 0 Å². The van der Waals surface area contributed by atoms with Gasteiger partial charge in [0.05, 0.1) is 20.8 Å². The van der Waals surface area contributed by atoms with Crippen molar-refractivity contribution in [2.45, 2.75) is 6.92 Å². The molecule has 0 aliphatic rings. The van der Waals surface area contributed by atoms with Gasteiger partial charge >= 0.3 is 5.97 Å². The zero-order valence-corrected chi connectivity index (χ0v) is 16.9. The Hall–Kier alpha value is -3.99. The quantitative estimate of drug-likeness (QED) is 0.384. The number of carbonyl (C=O) groups excluding carboxylic acids is 2. The van der Waals surface area contributed by atoms with E-state index in [0.29, 0.717) is 35.1 Å². The van der Waals surface area contributed by atoms with E-state index in [2.05, 4.69) is 10.1 Å². The molecule has 156 valence electrons. The van der Waals surface area contributed by atoms with Crippen LogP contribution in [0.1, 0.15) is 12.5 Å². The fraction of sp³-hybridized carbons (Fsp3) is 0.227. The van der Waals surface area contributed by atoms with Gasteiger partial charge < -0.3 is 24.3 Å². The van der Waals surface area contributed by atoms with Crippen LogP contribution < -0.4 is 19.5 Å². The molecule has 2 rings (SSSR count). The van der Waals surface area contributed by atoms with Gasteiger partial charge in [-0.15, -0.1) is 0 Å². The molecule has 0 aliphatic carbocycles. The first-order valence-corrected chi connectivity index (χ1v) is 9.04. The van der Waals surface area contributed by atoms with Crippen LogP contribution in [0, 0.1) is 11.3 Å². The predicted molar refractivity (Wildman–Crippen MR) is 110 cm³/mol. The van der Waals surface area contributed by atoms with Crippen molar-refractivity contribution in [3.05, 3.63) is 53.6 Å². The Morgan fingerprint density at radius 1 is 1.10 bits per heavy atom. The maximum absolute atomic E-state index is 12.5. The third kappa shape index (κ3) is 6.27. The first-order valence-electron chi connectivity index (χ1n) is 9.04. The van der Waals surface area contributed by atoms with Crippen LogP contribution in [-0.4, -0.2) is 39.3 Å². The lowest BCUT2D eigenvalue weighted by Crippen LogP contribution is -2.13. The number of benzene rings is 2.